The second-order valence-corrected chi connectivity index (χ2v) is 6.44. The highest BCUT2D eigenvalue weighted by Crippen LogP contribution is 2.15. The summed E-state index contributed by atoms with van der Waals surface area (Å²) < 4.78 is 27.4. The molecule has 20 heavy (non-hydrogen) atoms. The molecule has 0 aliphatic rings. The predicted molar refractivity (Wildman–Crippen MR) is 73.0 cm³/mol. The predicted octanol–water partition coefficient (Wildman–Crippen LogP) is 1.11. The molecule has 0 unspecified atom stereocenters. The number of rotatable bonds is 4. The van der Waals surface area contributed by atoms with Crippen molar-refractivity contribution in [2.75, 3.05) is 7.05 Å². The standard InChI is InChI=1S/C13H14N4O2S/c1-16-9-13(15-10-16)20(18,19)17(2)8-12-5-3-4-11(6-12)7-14/h3-6,9-10H,8H2,1-2H3. The highest BCUT2D eigenvalue weighted by molar-refractivity contribution is 7.89. The van der Waals surface area contributed by atoms with Gasteiger partial charge in [0.15, 0.2) is 5.03 Å². The summed E-state index contributed by atoms with van der Waals surface area (Å²) in [6, 6.07) is 8.89. The summed E-state index contributed by atoms with van der Waals surface area (Å²) in [5.41, 5.74) is 1.26. The Hall–Kier alpha value is -2.17. The first-order valence-corrected chi connectivity index (χ1v) is 7.31. The van der Waals surface area contributed by atoms with Crippen molar-refractivity contribution in [2.45, 2.75) is 11.6 Å². The molecule has 0 saturated heterocycles. The number of aryl methyl sites for hydroxylation is 1. The number of imidazole rings is 1. The summed E-state index contributed by atoms with van der Waals surface area (Å²) in [5, 5.41) is 8.86. The summed E-state index contributed by atoms with van der Waals surface area (Å²) in [6.45, 7) is 0.189. The van der Waals surface area contributed by atoms with Crippen LogP contribution >= 0.6 is 0 Å². The lowest BCUT2D eigenvalue weighted by molar-refractivity contribution is 0.464. The van der Waals surface area contributed by atoms with Gasteiger partial charge in [-0.2, -0.15) is 9.57 Å². The van der Waals surface area contributed by atoms with E-state index in [-0.39, 0.29) is 11.6 Å². The average molecular weight is 290 g/mol. The molecule has 0 aliphatic carbocycles. The largest absolute Gasteiger partial charge is 0.339 e. The fourth-order valence-corrected chi connectivity index (χ4v) is 2.88. The molecule has 0 fully saturated rings. The van der Waals surface area contributed by atoms with Crippen LogP contribution in [0.25, 0.3) is 0 Å². The fraction of sp³-hybridized carbons (Fsp3) is 0.231. The minimum atomic E-state index is -3.62. The van der Waals surface area contributed by atoms with Crippen LogP contribution in [-0.4, -0.2) is 29.3 Å². The third-order valence-electron chi connectivity index (χ3n) is 2.82. The smallest absolute Gasteiger partial charge is 0.262 e. The highest BCUT2D eigenvalue weighted by atomic mass is 32.2. The molecule has 0 aliphatic heterocycles. The monoisotopic (exact) mass is 290 g/mol. The zero-order valence-electron chi connectivity index (χ0n) is 11.2. The quantitative estimate of drug-likeness (QED) is 0.845. The maximum atomic E-state index is 12.3. The fourth-order valence-electron chi connectivity index (χ4n) is 1.76. The van der Waals surface area contributed by atoms with Gasteiger partial charge in [0.25, 0.3) is 10.0 Å². The molecule has 1 aromatic carbocycles. The van der Waals surface area contributed by atoms with Gasteiger partial charge in [-0.15, -0.1) is 0 Å². The molecule has 0 atom stereocenters. The molecule has 0 saturated carbocycles. The first-order chi connectivity index (χ1) is 9.43. The Morgan fingerprint density at radius 3 is 2.80 bits per heavy atom. The summed E-state index contributed by atoms with van der Waals surface area (Å²) in [6.07, 6.45) is 2.90. The molecule has 0 spiro atoms. The van der Waals surface area contributed by atoms with E-state index < -0.39 is 10.0 Å². The van der Waals surface area contributed by atoms with Crippen LogP contribution < -0.4 is 0 Å². The Morgan fingerprint density at radius 1 is 1.45 bits per heavy atom. The molecule has 2 aromatic rings. The summed E-state index contributed by atoms with van der Waals surface area (Å²) in [4.78, 5) is 3.86. The van der Waals surface area contributed by atoms with E-state index in [0.717, 1.165) is 5.56 Å². The van der Waals surface area contributed by atoms with E-state index in [2.05, 4.69) is 4.98 Å². The maximum Gasteiger partial charge on any atom is 0.262 e. The molecule has 6 nitrogen and oxygen atoms in total. The second-order valence-electron chi connectivity index (χ2n) is 4.45. The van der Waals surface area contributed by atoms with Crippen LogP contribution in [0.5, 0.6) is 0 Å². The molecule has 1 aromatic heterocycles. The van der Waals surface area contributed by atoms with Crippen molar-refractivity contribution in [2.24, 2.45) is 7.05 Å². The molecule has 0 N–H and O–H groups in total. The molecular formula is C13H14N4O2S. The van der Waals surface area contributed by atoms with Gasteiger partial charge >= 0.3 is 0 Å². The van der Waals surface area contributed by atoms with Gasteiger partial charge in [-0.05, 0) is 17.7 Å². The highest BCUT2D eigenvalue weighted by Gasteiger charge is 2.23. The van der Waals surface area contributed by atoms with Crippen molar-refractivity contribution >= 4 is 10.0 Å². The van der Waals surface area contributed by atoms with E-state index in [9.17, 15) is 8.42 Å². The lowest BCUT2D eigenvalue weighted by Crippen LogP contribution is -2.26. The first kappa shape index (κ1) is 14.2. The number of nitriles is 1. The Bertz CT molecular complexity index is 759. The van der Waals surface area contributed by atoms with Crippen LogP contribution in [0.3, 0.4) is 0 Å². The third-order valence-corrected chi connectivity index (χ3v) is 4.51. The normalized spacial score (nSPS) is 11.5. The Balaban J connectivity index is 2.23. The van der Waals surface area contributed by atoms with E-state index in [0.29, 0.717) is 5.56 Å². The summed E-state index contributed by atoms with van der Waals surface area (Å²) in [7, 11) is -0.418. The Morgan fingerprint density at radius 2 is 2.20 bits per heavy atom. The van der Waals surface area contributed by atoms with Crippen LogP contribution in [0.2, 0.25) is 0 Å². The lowest BCUT2D eigenvalue weighted by atomic mass is 10.1. The molecule has 2 rings (SSSR count). The van der Waals surface area contributed by atoms with Crippen LogP contribution in [0, 0.1) is 11.3 Å². The van der Waals surface area contributed by atoms with E-state index in [4.69, 9.17) is 5.26 Å². The van der Waals surface area contributed by atoms with Gasteiger partial charge in [-0.3, -0.25) is 0 Å². The first-order valence-electron chi connectivity index (χ1n) is 5.87. The lowest BCUT2D eigenvalue weighted by Gasteiger charge is -2.15. The Kier molecular flexibility index (Phi) is 3.88. The number of sulfonamides is 1. The van der Waals surface area contributed by atoms with Gasteiger partial charge in [0.1, 0.15) is 0 Å². The molecule has 7 heteroatoms. The van der Waals surface area contributed by atoms with Crippen LogP contribution in [0.15, 0.2) is 41.8 Å². The van der Waals surface area contributed by atoms with Gasteiger partial charge in [-0.25, -0.2) is 13.4 Å². The minimum absolute atomic E-state index is 0.0129. The number of hydrogen-bond donors (Lipinski definition) is 0. The van der Waals surface area contributed by atoms with Gasteiger partial charge in [-0.1, -0.05) is 12.1 Å². The number of aromatic nitrogens is 2. The third kappa shape index (κ3) is 2.87. The topological polar surface area (TPSA) is 79.0 Å². The van der Waals surface area contributed by atoms with Gasteiger partial charge in [0, 0.05) is 26.8 Å². The molecule has 0 bridgehead atoms. The van der Waals surface area contributed by atoms with Crippen molar-refractivity contribution < 1.29 is 8.42 Å². The molecule has 104 valence electrons. The van der Waals surface area contributed by atoms with Crippen molar-refractivity contribution in [3.05, 3.63) is 47.9 Å². The SMILES string of the molecule is CN(Cc1cccc(C#N)c1)S(=O)(=O)c1cn(C)cn1. The van der Waals surface area contributed by atoms with Crippen molar-refractivity contribution in [3.63, 3.8) is 0 Å². The molecule has 1 heterocycles. The number of nitrogens with zero attached hydrogens (tertiary/aromatic N) is 4. The van der Waals surface area contributed by atoms with Crippen molar-refractivity contribution in [3.8, 4) is 6.07 Å². The summed E-state index contributed by atoms with van der Waals surface area (Å²) in [5.74, 6) is 0. The van der Waals surface area contributed by atoms with Gasteiger partial charge < -0.3 is 4.57 Å². The summed E-state index contributed by atoms with van der Waals surface area (Å²) >= 11 is 0. The van der Waals surface area contributed by atoms with E-state index >= 15 is 0 Å². The second kappa shape index (κ2) is 5.45. The van der Waals surface area contributed by atoms with E-state index in [1.807, 2.05) is 6.07 Å². The average Bonchev–Trinajstić information content (AvgIpc) is 2.86. The van der Waals surface area contributed by atoms with Crippen molar-refractivity contribution in [1.29, 1.82) is 5.26 Å². The number of benzene rings is 1. The molecule has 0 radical (unpaired) electrons. The zero-order chi connectivity index (χ0) is 14.8. The van der Waals surface area contributed by atoms with Crippen molar-refractivity contribution in [1.82, 2.24) is 13.9 Å². The van der Waals surface area contributed by atoms with Crippen LogP contribution in [0.1, 0.15) is 11.1 Å². The zero-order valence-corrected chi connectivity index (χ0v) is 12.0. The minimum Gasteiger partial charge on any atom is -0.339 e. The van der Waals surface area contributed by atoms with Gasteiger partial charge in [0.05, 0.1) is 18.0 Å². The number of hydrogen-bond acceptors (Lipinski definition) is 4. The van der Waals surface area contributed by atoms with Gasteiger partial charge in [0.2, 0.25) is 0 Å². The Labute approximate surface area is 118 Å². The van der Waals surface area contributed by atoms with E-state index in [1.54, 1.807) is 35.9 Å². The molecular weight excluding hydrogens is 276 g/mol. The van der Waals surface area contributed by atoms with E-state index in [1.165, 1.54) is 23.9 Å². The maximum absolute atomic E-state index is 12.3. The molecule has 0 amide bonds. The van der Waals surface area contributed by atoms with Crippen LogP contribution in [-0.2, 0) is 23.6 Å². The van der Waals surface area contributed by atoms with Crippen LogP contribution in [0.4, 0.5) is 0 Å².